The largest absolute Gasteiger partial charge is 0.319 e. The smallest absolute Gasteiger partial charge is 0.195 e. The molecule has 0 unspecified atom stereocenters. The van der Waals surface area contributed by atoms with Crippen molar-refractivity contribution in [1.82, 2.24) is 9.55 Å². The van der Waals surface area contributed by atoms with Crippen LogP contribution in [0.2, 0.25) is 0 Å². The minimum Gasteiger partial charge on any atom is -0.319 e. The summed E-state index contributed by atoms with van der Waals surface area (Å²) in [7, 11) is 0. The Hall–Kier alpha value is -1.64. The Kier molecular flexibility index (Phi) is 2.77. The first kappa shape index (κ1) is 10.9. The van der Waals surface area contributed by atoms with Crippen LogP contribution in [0.25, 0.3) is 11.0 Å². The molecule has 0 aliphatic heterocycles. The summed E-state index contributed by atoms with van der Waals surface area (Å²) in [4.78, 5) is 16.0. The summed E-state index contributed by atoms with van der Waals surface area (Å²) in [5.41, 5.74) is 1.94. The van der Waals surface area contributed by atoms with Crippen LogP contribution in [0, 0.1) is 0 Å². The van der Waals surface area contributed by atoms with Crippen molar-refractivity contribution < 1.29 is 4.79 Å². The maximum absolute atomic E-state index is 11.6. The molecule has 84 valence electrons. The molecule has 0 amide bonds. The fourth-order valence-electron chi connectivity index (χ4n) is 1.92. The molecule has 0 N–H and O–H groups in total. The number of carbonyl (C=O) groups is 1. The summed E-state index contributed by atoms with van der Waals surface area (Å²) in [6, 6.07) is 8.18. The molecular weight excluding hydrogens is 200 g/mol. The van der Waals surface area contributed by atoms with Gasteiger partial charge in [0.25, 0.3) is 0 Å². The van der Waals surface area contributed by atoms with Crippen LogP contribution >= 0.6 is 0 Å². The molecule has 0 saturated carbocycles. The highest BCUT2D eigenvalue weighted by Crippen LogP contribution is 2.22. The Labute approximate surface area is 95.1 Å². The van der Waals surface area contributed by atoms with Gasteiger partial charge in [-0.1, -0.05) is 19.1 Å². The Bertz CT molecular complexity index is 528. The van der Waals surface area contributed by atoms with E-state index in [-0.39, 0.29) is 5.78 Å². The Morgan fingerprint density at radius 3 is 2.75 bits per heavy atom. The van der Waals surface area contributed by atoms with Crippen LogP contribution in [0.3, 0.4) is 0 Å². The average Bonchev–Trinajstić information content (AvgIpc) is 2.67. The van der Waals surface area contributed by atoms with E-state index < -0.39 is 0 Å². The van der Waals surface area contributed by atoms with Crippen molar-refractivity contribution in [2.75, 3.05) is 0 Å². The SMILES string of the molecule is CC[C@H](C)n1c(C(C)=O)nc2ccccc21. The first-order valence-corrected chi connectivity index (χ1v) is 5.63. The molecule has 0 aliphatic carbocycles. The van der Waals surface area contributed by atoms with E-state index in [0.29, 0.717) is 11.9 Å². The molecule has 2 rings (SSSR count). The topological polar surface area (TPSA) is 34.9 Å². The average molecular weight is 216 g/mol. The van der Waals surface area contributed by atoms with Gasteiger partial charge in [0.2, 0.25) is 0 Å². The van der Waals surface area contributed by atoms with Crippen molar-refractivity contribution in [2.24, 2.45) is 0 Å². The third-order valence-corrected chi connectivity index (χ3v) is 2.94. The van der Waals surface area contributed by atoms with Crippen LogP contribution in [0.15, 0.2) is 24.3 Å². The van der Waals surface area contributed by atoms with Crippen LogP contribution < -0.4 is 0 Å². The fraction of sp³-hybridized carbons (Fsp3) is 0.385. The van der Waals surface area contributed by atoms with E-state index in [2.05, 4.69) is 18.8 Å². The second-order valence-electron chi connectivity index (χ2n) is 4.11. The zero-order valence-corrected chi connectivity index (χ0v) is 9.90. The summed E-state index contributed by atoms with van der Waals surface area (Å²) in [5.74, 6) is 0.590. The maximum Gasteiger partial charge on any atom is 0.195 e. The summed E-state index contributed by atoms with van der Waals surface area (Å²) in [5, 5.41) is 0. The van der Waals surface area contributed by atoms with Crippen molar-refractivity contribution in [2.45, 2.75) is 33.2 Å². The van der Waals surface area contributed by atoms with Crippen LogP contribution in [0.5, 0.6) is 0 Å². The molecular formula is C13H16N2O. The molecule has 0 radical (unpaired) electrons. The summed E-state index contributed by atoms with van der Waals surface area (Å²) in [6.07, 6.45) is 0.987. The second-order valence-corrected chi connectivity index (χ2v) is 4.11. The van der Waals surface area contributed by atoms with Crippen LogP contribution in [-0.4, -0.2) is 15.3 Å². The molecule has 1 heterocycles. The van der Waals surface area contributed by atoms with Gasteiger partial charge >= 0.3 is 0 Å². The highest BCUT2D eigenvalue weighted by atomic mass is 16.1. The van der Waals surface area contributed by atoms with Gasteiger partial charge in [-0.2, -0.15) is 0 Å². The third kappa shape index (κ3) is 1.62. The van der Waals surface area contributed by atoms with E-state index in [1.54, 1.807) is 6.92 Å². The number of imidazole rings is 1. The van der Waals surface area contributed by atoms with E-state index in [9.17, 15) is 4.79 Å². The minimum absolute atomic E-state index is 0.0245. The molecule has 1 aromatic heterocycles. The molecule has 1 atom stereocenters. The molecule has 3 nitrogen and oxygen atoms in total. The third-order valence-electron chi connectivity index (χ3n) is 2.94. The number of aromatic nitrogens is 2. The van der Waals surface area contributed by atoms with Crippen LogP contribution in [0.1, 0.15) is 43.9 Å². The van der Waals surface area contributed by atoms with Gasteiger partial charge in [-0.25, -0.2) is 4.98 Å². The molecule has 0 bridgehead atoms. The van der Waals surface area contributed by atoms with Crippen molar-refractivity contribution in [3.8, 4) is 0 Å². The summed E-state index contributed by atoms with van der Waals surface area (Å²) < 4.78 is 2.04. The van der Waals surface area contributed by atoms with Gasteiger partial charge in [-0.3, -0.25) is 4.79 Å². The van der Waals surface area contributed by atoms with Gasteiger partial charge in [0.15, 0.2) is 11.6 Å². The van der Waals surface area contributed by atoms with Crippen molar-refractivity contribution in [3.05, 3.63) is 30.1 Å². The van der Waals surface area contributed by atoms with E-state index in [1.807, 2.05) is 28.8 Å². The predicted octanol–water partition coefficient (Wildman–Crippen LogP) is 3.21. The molecule has 0 saturated heterocycles. The van der Waals surface area contributed by atoms with Gasteiger partial charge in [-0.05, 0) is 25.5 Å². The molecule has 3 heteroatoms. The monoisotopic (exact) mass is 216 g/mol. The quantitative estimate of drug-likeness (QED) is 0.738. The molecule has 2 aromatic rings. The molecule has 0 fully saturated rings. The van der Waals surface area contributed by atoms with E-state index in [0.717, 1.165) is 17.5 Å². The molecule has 0 spiro atoms. The number of rotatable bonds is 3. The Morgan fingerprint density at radius 1 is 1.44 bits per heavy atom. The van der Waals surface area contributed by atoms with E-state index in [4.69, 9.17) is 0 Å². The van der Waals surface area contributed by atoms with Crippen LogP contribution in [-0.2, 0) is 0 Å². The number of Topliss-reactive ketones (excluding diaryl/α,β-unsaturated/α-hetero) is 1. The zero-order chi connectivity index (χ0) is 11.7. The number of benzene rings is 1. The normalized spacial score (nSPS) is 12.9. The van der Waals surface area contributed by atoms with Gasteiger partial charge in [0.05, 0.1) is 11.0 Å². The lowest BCUT2D eigenvalue weighted by Gasteiger charge is -2.14. The maximum atomic E-state index is 11.6. The van der Waals surface area contributed by atoms with E-state index in [1.165, 1.54) is 0 Å². The highest BCUT2D eigenvalue weighted by molar-refractivity contribution is 5.94. The van der Waals surface area contributed by atoms with Crippen molar-refractivity contribution >= 4 is 16.8 Å². The predicted molar refractivity (Wildman–Crippen MR) is 64.7 cm³/mol. The van der Waals surface area contributed by atoms with Crippen LogP contribution in [0.4, 0.5) is 0 Å². The number of hydrogen-bond donors (Lipinski definition) is 0. The number of ketones is 1. The molecule has 1 aromatic carbocycles. The fourth-order valence-corrected chi connectivity index (χ4v) is 1.92. The van der Waals surface area contributed by atoms with Gasteiger partial charge in [0.1, 0.15) is 0 Å². The number of fused-ring (bicyclic) bond motifs is 1. The lowest BCUT2D eigenvalue weighted by atomic mass is 10.2. The minimum atomic E-state index is 0.0245. The highest BCUT2D eigenvalue weighted by Gasteiger charge is 2.16. The lowest BCUT2D eigenvalue weighted by molar-refractivity contribution is 0.0998. The Balaban J connectivity index is 2.74. The Morgan fingerprint density at radius 2 is 2.12 bits per heavy atom. The van der Waals surface area contributed by atoms with Gasteiger partial charge in [-0.15, -0.1) is 0 Å². The number of carbonyl (C=O) groups excluding carboxylic acids is 1. The van der Waals surface area contributed by atoms with Gasteiger partial charge < -0.3 is 4.57 Å². The molecule has 16 heavy (non-hydrogen) atoms. The number of para-hydroxylation sites is 2. The number of hydrogen-bond acceptors (Lipinski definition) is 2. The summed E-state index contributed by atoms with van der Waals surface area (Å²) in [6.45, 7) is 5.80. The molecule has 0 aliphatic rings. The first-order valence-electron chi connectivity index (χ1n) is 5.63. The standard InChI is InChI=1S/C13H16N2O/c1-4-9(2)15-12-8-6-5-7-11(12)14-13(15)10(3)16/h5-9H,4H2,1-3H3/t9-/m0/s1. The van der Waals surface area contributed by atoms with E-state index >= 15 is 0 Å². The summed E-state index contributed by atoms with van der Waals surface area (Å²) >= 11 is 0. The zero-order valence-electron chi connectivity index (χ0n) is 9.90. The van der Waals surface area contributed by atoms with Crippen molar-refractivity contribution in [1.29, 1.82) is 0 Å². The number of nitrogens with zero attached hydrogens (tertiary/aromatic N) is 2. The lowest BCUT2D eigenvalue weighted by Crippen LogP contribution is -2.11. The van der Waals surface area contributed by atoms with Gasteiger partial charge in [0, 0.05) is 13.0 Å². The van der Waals surface area contributed by atoms with Crippen molar-refractivity contribution in [3.63, 3.8) is 0 Å². The second kappa shape index (κ2) is 4.08. The first-order chi connectivity index (χ1) is 7.65.